The average molecular weight is 737 g/mol. The Hall–Kier alpha value is -4.95. The summed E-state index contributed by atoms with van der Waals surface area (Å²) in [6, 6.07) is 13.2. The predicted octanol–water partition coefficient (Wildman–Crippen LogP) is 7.67. The van der Waals surface area contributed by atoms with Crippen LogP contribution in [0.5, 0.6) is 11.5 Å². The molecule has 0 fully saturated rings. The van der Waals surface area contributed by atoms with E-state index in [9.17, 15) is 18.3 Å². The minimum atomic E-state index is -4.02. The van der Waals surface area contributed by atoms with Gasteiger partial charge in [0.25, 0.3) is 0 Å². The summed E-state index contributed by atoms with van der Waals surface area (Å²) >= 11 is 0. The summed E-state index contributed by atoms with van der Waals surface area (Å²) in [4.78, 5) is 19.9. The van der Waals surface area contributed by atoms with Gasteiger partial charge in [0.15, 0.2) is 39.2 Å². The first-order chi connectivity index (χ1) is 24.5. The number of aromatic nitrogens is 4. The molecule has 6 rings (SSSR count). The molecule has 274 valence electrons. The van der Waals surface area contributed by atoms with E-state index < -0.39 is 61.5 Å². The van der Waals surface area contributed by atoms with Crippen molar-refractivity contribution in [1.29, 1.82) is 0 Å². The van der Waals surface area contributed by atoms with Crippen molar-refractivity contribution in [2.24, 2.45) is 12.5 Å². The van der Waals surface area contributed by atoms with Crippen molar-refractivity contribution >= 4 is 32.8 Å². The number of hydrogen-bond donors (Lipinski definition) is 2. The molecule has 14 heteroatoms. The van der Waals surface area contributed by atoms with Gasteiger partial charge in [-0.05, 0) is 61.9 Å². The second kappa shape index (κ2) is 13.9. The van der Waals surface area contributed by atoms with Gasteiger partial charge in [0.05, 0.1) is 28.9 Å². The number of halogens is 3. The number of aryl methyl sites for hydroxylation is 1. The van der Waals surface area contributed by atoms with Crippen molar-refractivity contribution in [2.75, 3.05) is 12.4 Å². The third-order valence-electron chi connectivity index (χ3n) is 9.47. The first kappa shape index (κ1) is 36.8. The number of esters is 1. The number of rotatable bonds is 4. The molecular weight excluding hydrogens is 698 g/mol. The van der Waals surface area contributed by atoms with Crippen molar-refractivity contribution in [2.45, 2.75) is 58.5 Å². The number of fused-ring (bicyclic) bond motifs is 8. The summed E-state index contributed by atoms with van der Waals surface area (Å²) in [5, 5.41) is 16.3. The summed E-state index contributed by atoms with van der Waals surface area (Å²) < 4.78 is 87.0. The number of nitrogens with one attached hydrogen (secondary N) is 1. The number of carbonyl (C=O) groups is 1. The van der Waals surface area contributed by atoms with E-state index >= 15 is 13.2 Å². The second-order valence-corrected chi connectivity index (χ2v) is 15.9. The van der Waals surface area contributed by atoms with Crippen LogP contribution in [0.3, 0.4) is 0 Å². The number of H-pyrrole nitrogens is 1. The third kappa shape index (κ3) is 6.96. The summed E-state index contributed by atoms with van der Waals surface area (Å²) in [5.41, 5.74) is -1.54. The van der Waals surface area contributed by atoms with E-state index in [4.69, 9.17) is 19.6 Å². The highest BCUT2D eigenvalue weighted by atomic mass is 32.2. The summed E-state index contributed by atoms with van der Waals surface area (Å²) in [5.74, 6) is -5.30. The Kier molecular flexibility index (Phi) is 9.83. The lowest BCUT2D eigenvalue weighted by Crippen LogP contribution is -2.28. The minimum absolute atomic E-state index is 0.0434. The van der Waals surface area contributed by atoms with E-state index in [2.05, 4.69) is 4.98 Å². The number of benzene rings is 3. The van der Waals surface area contributed by atoms with Crippen LogP contribution in [0, 0.1) is 22.9 Å². The minimum Gasteiger partial charge on any atom is -0.464 e. The molecule has 52 heavy (non-hydrogen) atoms. The number of sulfone groups is 1. The molecule has 2 N–H and O–H groups in total. The van der Waals surface area contributed by atoms with Crippen LogP contribution in [-0.2, 0) is 31.8 Å². The van der Waals surface area contributed by atoms with Gasteiger partial charge in [-0.2, -0.15) is 9.49 Å². The number of hydrogen-bond acceptors (Lipinski definition) is 8. The van der Waals surface area contributed by atoms with Crippen molar-refractivity contribution in [3.8, 4) is 22.9 Å². The van der Waals surface area contributed by atoms with Crippen LogP contribution in [-0.4, -0.2) is 51.6 Å². The molecule has 0 saturated carbocycles. The first-order valence-electron chi connectivity index (χ1n) is 16.8. The lowest BCUT2D eigenvalue weighted by Gasteiger charge is -2.30. The van der Waals surface area contributed by atoms with Gasteiger partial charge < -0.3 is 19.6 Å². The maximum absolute atomic E-state index is 16.0. The molecule has 2 atom stereocenters. The van der Waals surface area contributed by atoms with Gasteiger partial charge in [0.1, 0.15) is 11.6 Å². The number of aliphatic hydroxyl groups is 1. The number of nitrogens with zero attached hydrogens (tertiary/aromatic N) is 3. The van der Waals surface area contributed by atoms with Crippen molar-refractivity contribution < 1.29 is 41.0 Å². The molecule has 10 nitrogen and oxygen atoms in total. The lowest BCUT2D eigenvalue weighted by atomic mass is 9.75. The standard InChI is InChI=1S/C38H39F3N4O6S/c1-6-50-35(47)32(46)26-20-42-31-28(26)24-15-18-52(48,49)21-37(2,3)16-10-17-38(4,22-11-8-7-9-12-22)36-43-34(45(5)44-36)25-19-23(13-14-27(25)39)51-33(24)30(41)29(31)40/h7-9,11-15,18-20,32,42,46H,6,10,16-17,21H2,1-5H3/b18-15+/t32?,38-/m1/s1. The Labute approximate surface area is 299 Å². The van der Waals surface area contributed by atoms with Crippen LogP contribution in [0.4, 0.5) is 13.2 Å². The normalized spacial score (nSPS) is 19.9. The SMILES string of the molecule is CCOC(=O)C(O)c1c[nH]c2c(F)c(F)c3c(c12)/C=C/S(=O)(=O)CC(C)(C)CCC[C@](C)(c1ccccc1)c1nc(n(C)n1)-c1cc(ccc1F)O3. The highest BCUT2D eigenvalue weighted by molar-refractivity contribution is 7.94. The van der Waals surface area contributed by atoms with Crippen LogP contribution >= 0.6 is 0 Å². The van der Waals surface area contributed by atoms with Crippen LogP contribution in [0.25, 0.3) is 28.4 Å². The Morgan fingerprint density at radius 3 is 2.54 bits per heavy atom. The van der Waals surface area contributed by atoms with Gasteiger partial charge in [-0.25, -0.2) is 31.7 Å². The van der Waals surface area contributed by atoms with Gasteiger partial charge in [-0.15, -0.1) is 0 Å². The van der Waals surface area contributed by atoms with Gasteiger partial charge in [-0.3, -0.25) is 0 Å². The van der Waals surface area contributed by atoms with E-state index in [0.29, 0.717) is 25.1 Å². The molecule has 1 aliphatic heterocycles. The van der Waals surface area contributed by atoms with Crippen molar-refractivity contribution in [1.82, 2.24) is 19.7 Å². The molecule has 0 aliphatic carbocycles. The number of aromatic amines is 1. The molecule has 1 unspecified atom stereocenters. The number of ether oxygens (including phenoxy) is 2. The summed E-state index contributed by atoms with van der Waals surface area (Å²) in [6.45, 7) is 7.11. The fraction of sp³-hybridized carbons (Fsp3) is 0.342. The Morgan fingerprint density at radius 2 is 1.83 bits per heavy atom. The molecule has 0 radical (unpaired) electrons. The van der Waals surface area contributed by atoms with Crippen LogP contribution in [0.2, 0.25) is 0 Å². The molecular formula is C38H39F3N4O6S. The van der Waals surface area contributed by atoms with Crippen LogP contribution in [0.1, 0.15) is 75.6 Å². The molecule has 2 aromatic heterocycles. The predicted molar refractivity (Wildman–Crippen MR) is 190 cm³/mol. The topological polar surface area (TPSA) is 136 Å². The van der Waals surface area contributed by atoms with Crippen LogP contribution < -0.4 is 4.74 Å². The maximum atomic E-state index is 16.0. The Balaban J connectivity index is 1.60. The van der Waals surface area contributed by atoms with Crippen molar-refractivity contribution in [3.05, 3.63) is 100 Å². The molecule has 3 aromatic carbocycles. The summed E-state index contributed by atoms with van der Waals surface area (Å²) in [6.07, 6.45) is 1.82. The molecule has 4 bridgehead atoms. The van der Waals surface area contributed by atoms with Gasteiger partial charge in [-0.1, -0.05) is 50.6 Å². The fourth-order valence-electron chi connectivity index (χ4n) is 6.82. The zero-order chi connectivity index (χ0) is 37.6. The van der Waals surface area contributed by atoms with Gasteiger partial charge in [0.2, 0.25) is 5.82 Å². The third-order valence-corrected chi connectivity index (χ3v) is 11.2. The molecule has 1 aliphatic rings. The van der Waals surface area contributed by atoms with E-state index in [1.165, 1.54) is 23.7 Å². The first-order valence-corrected chi connectivity index (χ1v) is 18.5. The lowest BCUT2D eigenvalue weighted by molar-refractivity contribution is -0.153. The zero-order valence-corrected chi connectivity index (χ0v) is 30.2. The zero-order valence-electron chi connectivity index (χ0n) is 29.3. The fourth-order valence-corrected chi connectivity index (χ4v) is 8.50. The van der Waals surface area contributed by atoms with E-state index in [1.807, 2.05) is 51.1 Å². The van der Waals surface area contributed by atoms with Crippen LogP contribution in [0.15, 0.2) is 60.1 Å². The summed E-state index contributed by atoms with van der Waals surface area (Å²) in [7, 11) is -2.40. The molecule has 0 amide bonds. The average Bonchev–Trinajstić information content (AvgIpc) is 3.71. The van der Waals surface area contributed by atoms with E-state index in [1.54, 1.807) is 7.05 Å². The number of aliphatic hydroxyl groups excluding tert-OH is 1. The molecule has 0 saturated heterocycles. The van der Waals surface area contributed by atoms with Crippen molar-refractivity contribution in [3.63, 3.8) is 0 Å². The molecule has 5 aromatic rings. The second-order valence-electron chi connectivity index (χ2n) is 14.0. The smallest absolute Gasteiger partial charge is 0.339 e. The van der Waals surface area contributed by atoms with E-state index in [0.717, 1.165) is 29.3 Å². The Bertz CT molecular complexity index is 2300. The molecule has 3 heterocycles. The van der Waals surface area contributed by atoms with Gasteiger partial charge in [0, 0.05) is 35.2 Å². The quantitative estimate of drug-likeness (QED) is 0.180. The Morgan fingerprint density at radius 1 is 1.10 bits per heavy atom. The maximum Gasteiger partial charge on any atom is 0.339 e. The van der Waals surface area contributed by atoms with E-state index in [-0.39, 0.29) is 46.0 Å². The van der Waals surface area contributed by atoms with Gasteiger partial charge >= 0.3 is 5.97 Å². The highest BCUT2D eigenvalue weighted by Gasteiger charge is 2.36. The molecule has 0 spiro atoms. The monoisotopic (exact) mass is 736 g/mol. The number of carbonyl (C=O) groups excluding carboxylic acids is 1. The highest BCUT2D eigenvalue weighted by Crippen LogP contribution is 2.43. The largest absolute Gasteiger partial charge is 0.464 e.